The lowest BCUT2D eigenvalue weighted by molar-refractivity contribution is -0.105. The maximum atomic E-state index is 10.6. The molecule has 0 spiro atoms. The highest BCUT2D eigenvalue weighted by molar-refractivity contribution is 5.13. The van der Waals surface area contributed by atoms with E-state index in [1.165, 1.54) is 32.1 Å². The molecule has 2 atom stereocenters. The first-order valence-electron chi connectivity index (χ1n) is 6.89. The van der Waals surface area contributed by atoms with Gasteiger partial charge in [0.25, 0.3) is 0 Å². The first-order chi connectivity index (χ1) is 7.17. The van der Waals surface area contributed by atoms with Gasteiger partial charge in [0.2, 0.25) is 0 Å². The van der Waals surface area contributed by atoms with Gasteiger partial charge in [-0.05, 0) is 74.0 Å². The van der Waals surface area contributed by atoms with Crippen LogP contribution in [0.4, 0.5) is 0 Å². The van der Waals surface area contributed by atoms with Crippen molar-refractivity contribution in [2.75, 3.05) is 0 Å². The molecule has 0 aliphatic heterocycles. The largest absolute Gasteiger partial charge is 0.389 e. The summed E-state index contributed by atoms with van der Waals surface area (Å²) in [7, 11) is 0. The second-order valence-corrected chi connectivity index (χ2v) is 7.05. The zero-order valence-corrected chi connectivity index (χ0v) is 9.65. The summed E-state index contributed by atoms with van der Waals surface area (Å²) in [5.74, 6) is 5.18. The molecule has 0 saturated heterocycles. The molecule has 0 heterocycles. The molecular weight excluding hydrogens is 184 g/mol. The molecule has 0 amide bonds. The standard InChI is InChI=1S/C14H22O/c1-8-7-14(8,15)13-11-3-9-2-10(5-11)6-12(13)4-9/h8-13,15H,2-7H2,1H3. The van der Waals surface area contributed by atoms with Crippen LogP contribution in [-0.4, -0.2) is 10.7 Å². The van der Waals surface area contributed by atoms with Crippen molar-refractivity contribution in [2.45, 2.75) is 51.0 Å². The Bertz CT molecular complexity index is 270. The highest BCUT2D eigenvalue weighted by Crippen LogP contribution is 2.65. The molecule has 0 aromatic heterocycles. The van der Waals surface area contributed by atoms with Gasteiger partial charge in [0.15, 0.2) is 0 Å². The molecule has 0 aromatic carbocycles. The van der Waals surface area contributed by atoms with Crippen molar-refractivity contribution in [3.63, 3.8) is 0 Å². The lowest BCUT2D eigenvalue weighted by Gasteiger charge is -2.56. The molecule has 2 unspecified atom stereocenters. The van der Waals surface area contributed by atoms with Crippen molar-refractivity contribution in [1.29, 1.82) is 0 Å². The molecule has 0 radical (unpaired) electrons. The molecule has 1 heteroatoms. The highest BCUT2D eigenvalue weighted by Gasteiger charge is 2.63. The quantitative estimate of drug-likeness (QED) is 0.699. The average Bonchev–Trinajstić information content (AvgIpc) is 2.72. The summed E-state index contributed by atoms with van der Waals surface area (Å²) in [6, 6.07) is 0. The summed E-state index contributed by atoms with van der Waals surface area (Å²) < 4.78 is 0. The van der Waals surface area contributed by atoms with Crippen molar-refractivity contribution in [2.24, 2.45) is 35.5 Å². The fourth-order valence-electron chi connectivity index (χ4n) is 5.64. The Labute approximate surface area is 92.3 Å². The van der Waals surface area contributed by atoms with E-state index in [2.05, 4.69) is 6.92 Å². The van der Waals surface area contributed by atoms with Gasteiger partial charge in [-0.15, -0.1) is 0 Å². The Balaban J connectivity index is 1.66. The fourth-order valence-corrected chi connectivity index (χ4v) is 5.64. The topological polar surface area (TPSA) is 20.2 Å². The van der Waals surface area contributed by atoms with Crippen LogP contribution in [0.5, 0.6) is 0 Å². The van der Waals surface area contributed by atoms with Gasteiger partial charge in [0.1, 0.15) is 0 Å². The Hall–Kier alpha value is -0.0400. The van der Waals surface area contributed by atoms with E-state index in [0.29, 0.717) is 11.8 Å². The van der Waals surface area contributed by atoms with Crippen molar-refractivity contribution in [3.8, 4) is 0 Å². The third-order valence-corrected chi connectivity index (χ3v) is 6.13. The molecular formula is C14H22O. The molecule has 1 nitrogen and oxygen atoms in total. The van der Waals surface area contributed by atoms with Crippen LogP contribution < -0.4 is 0 Å². The molecule has 0 aromatic rings. The zero-order chi connectivity index (χ0) is 10.2. The maximum absolute atomic E-state index is 10.6. The van der Waals surface area contributed by atoms with E-state index in [9.17, 15) is 5.11 Å². The normalized spacial score (nSPS) is 66.0. The van der Waals surface area contributed by atoms with Gasteiger partial charge < -0.3 is 5.11 Å². The molecule has 15 heavy (non-hydrogen) atoms. The van der Waals surface area contributed by atoms with Crippen LogP contribution in [0.25, 0.3) is 0 Å². The van der Waals surface area contributed by atoms with E-state index < -0.39 is 0 Å². The van der Waals surface area contributed by atoms with Crippen LogP contribution in [0.2, 0.25) is 0 Å². The van der Waals surface area contributed by atoms with Gasteiger partial charge in [-0.3, -0.25) is 0 Å². The maximum Gasteiger partial charge on any atom is 0.0711 e. The first-order valence-corrected chi connectivity index (χ1v) is 6.89. The third-order valence-electron chi connectivity index (χ3n) is 6.13. The number of rotatable bonds is 1. The zero-order valence-electron chi connectivity index (χ0n) is 9.65. The summed E-state index contributed by atoms with van der Waals surface area (Å²) in [4.78, 5) is 0. The molecule has 5 aliphatic carbocycles. The van der Waals surface area contributed by atoms with Crippen LogP contribution in [-0.2, 0) is 0 Å². The second-order valence-electron chi connectivity index (χ2n) is 7.05. The molecule has 5 rings (SSSR count). The lowest BCUT2D eigenvalue weighted by atomic mass is 9.50. The fraction of sp³-hybridized carbons (Fsp3) is 1.00. The average molecular weight is 206 g/mol. The van der Waals surface area contributed by atoms with Gasteiger partial charge >= 0.3 is 0 Å². The smallest absolute Gasteiger partial charge is 0.0711 e. The highest BCUT2D eigenvalue weighted by atomic mass is 16.3. The summed E-state index contributed by atoms with van der Waals surface area (Å²) in [5, 5.41) is 10.6. The van der Waals surface area contributed by atoms with Crippen molar-refractivity contribution in [1.82, 2.24) is 0 Å². The Morgan fingerprint density at radius 2 is 1.40 bits per heavy atom. The Kier molecular flexibility index (Phi) is 1.57. The molecule has 5 fully saturated rings. The van der Waals surface area contributed by atoms with Gasteiger partial charge in [-0.2, -0.15) is 0 Å². The lowest BCUT2D eigenvalue weighted by Crippen LogP contribution is -2.50. The molecule has 5 aliphatic rings. The SMILES string of the molecule is CC1CC1(O)C1C2CC3CC(C2)CC1C3. The van der Waals surface area contributed by atoms with Crippen LogP contribution >= 0.6 is 0 Å². The monoisotopic (exact) mass is 206 g/mol. The molecule has 84 valence electrons. The number of hydrogen-bond acceptors (Lipinski definition) is 1. The van der Waals surface area contributed by atoms with E-state index in [4.69, 9.17) is 0 Å². The Morgan fingerprint density at radius 3 is 1.80 bits per heavy atom. The Morgan fingerprint density at radius 1 is 0.933 bits per heavy atom. The first kappa shape index (κ1) is 9.04. The van der Waals surface area contributed by atoms with Crippen molar-refractivity contribution in [3.05, 3.63) is 0 Å². The van der Waals surface area contributed by atoms with Crippen molar-refractivity contribution >= 4 is 0 Å². The van der Waals surface area contributed by atoms with E-state index in [-0.39, 0.29) is 5.60 Å². The summed E-state index contributed by atoms with van der Waals surface area (Å²) >= 11 is 0. The number of aliphatic hydroxyl groups is 1. The summed E-state index contributed by atoms with van der Waals surface area (Å²) in [5.41, 5.74) is -0.220. The minimum Gasteiger partial charge on any atom is -0.389 e. The van der Waals surface area contributed by atoms with Crippen LogP contribution in [0.3, 0.4) is 0 Å². The van der Waals surface area contributed by atoms with Crippen LogP contribution in [0, 0.1) is 35.5 Å². The van der Waals surface area contributed by atoms with Gasteiger partial charge in [-0.1, -0.05) is 6.92 Å². The predicted octanol–water partition coefficient (Wildman–Crippen LogP) is 2.83. The van der Waals surface area contributed by atoms with Gasteiger partial charge in [0.05, 0.1) is 5.60 Å². The minimum absolute atomic E-state index is 0.220. The molecule has 5 saturated carbocycles. The molecule has 1 N–H and O–H groups in total. The van der Waals surface area contributed by atoms with Gasteiger partial charge in [0, 0.05) is 0 Å². The molecule has 4 bridgehead atoms. The van der Waals surface area contributed by atoms with E-state index in [0.717, 1.165) is 30.1 Å². The van der Waals surface area contributed by atoms with E-state index >= 15 is 0 Å². The van der Waals surface area contributed by atoms with Crippen molar-refractivity contribution < 1.29 is 5.11 Å². The van der Waals surface area contributed by atoms with Crippen LogP contribution in [0.15, 0.2) is 0 Å². The predicted molar refractivity (Wildman–Crippen MR) is 59.3 cm³/mol. The summed E-state index contributed by atoms with van der Waals surface area (Å²) in [6.07, 6.45) is 8.42. The minimum atomic E-state index is -0.220. The second kappa shape index (κ2) is 2.61. The van der Waals surface area contributed by atoms with Crippen LogP contribution in [0.1, 0.15) is 45.4 Å². The summed E-state index contributed by atoms with van der Waals surface area (Å²) in [6.45, 7) is 2.24. The third kappa shape index (κ3) is 1.08. The van der Waals surface area contributed by atoms with E-state index in [1.807, 2.05) is 0 Å². The number of hydrogen-bond donors (Lipinski definition) is 1. The van der Waals surface area contributed by atoms with Gasteiger partial charge in [-0.25, -0.2) is 0 Å². The van der Waals surface area contributed by atoms with E-state index in [1.54, 1.807) is 0 Å².